The van der Waals surface area contributed by atoms with Gasteiger partial charge in [0.15, 0.2) is 5.82 Å². The molecule has 1 amide bonds. The molecule has 0 aliphatic rings. The van der Waals surface area contributed by atoms with Crippen molar-refractivity contribution < 1.29 is 22.7 Å². The molecule has 42 heavy (non-hydrogen) atoms. The molecule has 0 fully saturated rings. The van der Waals surface area contributed by atoms with Gasteiger partial charge in [0.25, 0.3) is 15.9 Å². The summed E-state index contributed by atoms with van der Waals surface area (Å²) in [6, 6.07) is 20.7. The highest BCUT2D eigenvalue weighted by molar-refractivity contribution is 7.98. The van der Waals surface area contributed by atoms with Gasteiger partial charge in [0.2, 0.25) is 0 Å². The highest BCUT2D eigenvalue weighted by atomic mass is 32.2. The number of rotatable bonds is 12. The maximum atomic E-state index is 13.5. The third-order valence-electron chi connectivity index (χ3n) is 6.78. The van der Waals surface area contributed by atoms with Crippen LogP contribution in [0.4, 0.5) is 11.5 Å². The van der Waals surface area contributed by atoms with Crippen LogP contribution in [-0.4, -0.2) is 61.0 Å². The second kappa shape index (κ2) is 13.7. The fourth-order valence-corrected chi connectivity index (χ4v) is 6.09. The number of hydrogen-bond donors (Lipinski definition) is 1. The zero-order valence-corrected chi connectivity index (χ0v) is 25.6. The average molecular weight is 607 g/mol. The van der Waals surface area contributed by atoms with E-state index in [0.717, 1.165) is 20.8 Å². The Balaban J connectivity index is 1.70. The quantitative estimate of drug-likeness (QED) is 0.217. The number of aromatic nitrogens is 2. The number of aryl methyl sites for hydroxylation is 1. The number of carbonyl (C=O) groups excluding carboxylic acids is 2. The molecule has 220 valence electrons. The monoisotopic (exact) mass is 606 g/mol. The first-order chi connectivity index (χ1) is 20.2. The zero-order valence-electron chi connectivity index (χ0n) is 24.0. The van der Waals surface area contributed by atoms with E-state index in [1.807, 2.05) is 61.4 Å². The van der Waals surface area contributed by atoms with Gasteiger partial charge in [-0.1, -0.05) is 48.0 Å². The van der Waals surface area contributed by atoms with Crippen LogP contribution in [0.15, 0.2) is 90.2 Å². The molecule has 0 spiro atoms. The predicted octanol–water partition coefficient (Wildman–Crippen LogP) is 5.28. The SMILES string of the molecule is CCN(c1ccc(C(=O)NC(CCSC)C(=O)OC)c(-c2ccccc2)c1)c1cn(S(=O)(=O)c2ccc(C)cc2)cn1. The molecular weight excluding hydrogens is 572 g/mol. The van der Waals surface area contributed by atoms with E-state index in [0.29, 0.717) is 35.7 Å². The lowest BCUT2D eigenvalue weighted by molar-refractivity contribution is -0.142. The van der Waals surface area contributed by atoms with E-state index in [1.165, 1.54) is 19.6 Å². The first-order valence-corrected chi connectivity index (χ1v) is 16.2. The van der Waals surface area contributed by atoms with Gasteiger partial charge in [-0.25, -0.2) is 22.2 Å². The van der Waals surface area contributed by atoms with Gasteiger partial charge in [-0.05, 0) is 73.7 Å². The van der Waals surface area contributed by atoms with E-state index >= 15 is 0 Å². The van der Waals surface area contributed by atoms with E-state index in [4.69, 9.17) is 4.74 Å². The van der Waals surface area contributed by atoms with Gasteiger partial charge in [-0.15, -0.1) is 0 Å². The fraction of sp³-hybridized carbons (Fsp3) is 0.258. The Hall–Kier alpha value is -4.09. The normalized spacial score (nSPS) is 12.0. The van der Waals surface area contributed by atoms with Crippen LogP contribution in [-0.2, 0) is 19.6 Å². The van der Waals surface area contributed by atoms with Crippen molar-refractivity contribution in [3.05, 3.63) is 96.4 Å². The Bertz CT molecular complexity index is 1640. The number of amides is 1. The number of imidazole rings is 1. The van der Waals surface area contributed by atoms with E-state index < -0.39 is 27.9 Å². The van der Waals surface area contributed by atoms with Crippen LogP contribution in [0, 0.1) is 6.92 Å². The van der Waals surface area contributed by atoms with Crippen molar-refractivity contribution in [2.24, 2.45) is 0 Å². The molecule has 9 nitrogen and oxygen atoms in total. The van der Waals surface area contributed by atoms with Gasteiger partial charge in [0.05, 0.1) is 18.2 Å². The second-order valence-corrected chi connectivity index (χ2v) is 12.4. The van der Waals surface area contributed by atoms with Crippen LogP contribution in [0.3, 0.4) is 0 Å². The van der Waals surface area contributed by atoms with Crippen molar-refractivity contribution >= 4 is 45.2 Å². The van der Waals surface area contributed by atoms with Crippen LogP contribution < -0.4 is 10.2 Å². The van der Waals surface area contributed by atoms with Crippen molar-refractivity contribution in [2.75, 3.05) is 30.6 Å². The van der Waals surface area contributed by atoms with Gasteiger partial charge in [-0.3, -0.25) is 4.79 Å². The van der Waals surface area contributed by atoms with Crippen molar-refractivity contribution in [2.45, 2.75) is 31.2 Å². The number of nitrogens with one attached hydrogen (secondary N) is 1. The molecule has 0 aliphatic carbocycles. The molecular formula is C31H34N4O5S2. The smallest absolute Gasteiger partial charge is 0.328 e. The molecule has 1 aromatic heterocycles. The summed E-state index contributed by atoms with van der Waals surface area (Å²) in [5.41, 5.74) is 3.55. The molecule has 1 heterocycles. The Labute approximate surface area is 251 Å². The number of ether oxygens (including phenoxy) is 1. The molecule has 1 unspecified atom stereocenters. The Morgan fingerprint density at radius 1 is 1.07 bits per heavy atom. The molecule has 1 N–H and O–H groups in total. The molecule has 0 saturated heterocycles. The summed E-state index contributed by atoms with van der Waals surface area (Å²) in [5.74, 6) is 0.228. The van der Waals surface area contributed by atoms with Gasteiger partial charge in [0.1, 0.15) is 12.4 Å². The number of benzene rings is 3. The average Bonchev–Trinajstić information content (AvgIpc) is 3.50. The summed E-state index contributed by atoms with van der Waals surface area (Å²) in [5, 5.41) is 2.84. The molecule has 0 saturated carbocycles. The van der Waals surface area contributed by atoms with E-state index in [2.05, 4.69) is 10.3 Å². The van der Waals surface area contributed by atoms with Crippen molar-refractivity contribution in [1.82, 2.24) is 14.3 Å². The largest absolute Gasteiger partial charge is 0.467 e. The number of nitrogens with zero attached hydrogens (tertiary/aromatic N) is 3. The summed E-state index contributed by atoms with van der Waals surface area (Å²) in [6.07, 6.45) is 5.14. The summed E-state index contributed by atoms with van der Waals surface area (Å²) in [4.78, 5) is 32.3. The maximum absolute atomic E-state index is 13.5. The Morgan fingerprint density at radius 2 is 1.79 bits per heavy atom. The lowest BCUT2D eigenvalue weighted by Crippen LogP contribution is -2.42. The lowest BCUT2D eigenvalue weighted by atomic mass is 9.97. The molecule has 4 aromatic rings. The second-order valence-electron chi connectivity index (χ2n) is 9.55. The number of anilines is 2. The van der Waals surface area contributed by atoms with Crippen LogP contribution in [0.5, 0.6) is 0 Å². The maximum Gasteiger partial charge on any atom is 0.328 e. The number of esters is 1. The fourth-order valence-electron chi connectivity index (χ4n) is 4.49. The number of methoxy groups -OCH3 is 1. The predicted molar refractivity (Wildman–Crippen MR) is 167 cm³/mol. The molecule has 4 rings (SSSR count). The third-order valence-corrected chi connectivity index (χ3v) is 9.05. The molecule has 11 heteroatoms. The molecule has 0 aliphatic heterocycles. The van der Waals surface area contributed by atoms with Crippen molar-refractivity contribution in [3.63, 3.8) is 0 Å². The minimum Gasteiger partial charge on any atom is -0.467 e. The topological polar surface area (TPSA) is 111 Å². The van der Waals surface area contributed by atoms with Crippen LogP contribution >= 0.6 is 11.8 Å². The van der Waals surface area contributed by atoms with Gasteiger partial charge >= 0.3 is 5.97 Å². The molecule has 0 radical (unpaired) electrons. The van der Waals surface area contributed by atoms with Gasteiger partial charge < -0.3 is 15.0 Å². The number of carbonyl (C=O) groups is 2. The Morgan fingerprint density at radius 3 is 2.43 bits per heavy atom. The van der Waals surface area contributed by atoms with Gasteiger partial charge in [-0.2, -0.15) is 11.8 Å². The van der Waals surface area contributed by atoms with Crippen molar-refractivity contribution in [3.8, 4) is 11.1 Å². The number of hydrogen-bond acceptors (Lipinski definition) is 8. The van der Waals surface area contributed by atoms with Crippen molar-refractivity contribution in [1.29, 1.82) is 0 Å². The summed E-state index contributed by atoms with van der Waals surface area (Å²) >= 11 is 1.58. The van der Waals surface area contributed by atoms with E-state index in [-0.39, 0.29) is 4.90 Å². The number of thioether (sulfide) groups is 1. The summed E-state index contributed by atoms with van der Waals surface area (Å²) in [6.45, 7) is 4.32. The third kappa shape index (κ3) is 6.85. The zero-order chi connectivity index (χ0) is 30.3. The highest BCUT2D eigenvalue weighted by Gasteiger charge is 2.25. The van der Waals surface area contributed by atoms with Crippen LogP contribution in [0.2, 0.25) is 0 Å². The Kier molecular flexibility index (Phi) is 10.1. The van der Waals surface area contributed by atoms with Crippen LogP contribution in [0.1, 0.15) is 29.3 Å². The first-order valence-electron chi connectivity index (χ1n) is 13.4. The lowest BCUT2D eigenvalue weighted by Gasteiger charge is -2.23. The van der Waals surface area contributed by atoms with Gasteiger partial charge in [0, 0.05) is 17.8 Å². The van der Waals surface area contributed by atoms with E-state index in [9.17, 15) is 18.0 Å². The molecule has 0 bridgehead atoms. The summed E-state index contributed by atoms with van der Waals surface area (Å²) in [7, 11) is -2.52. The molecule has 3 aromatic carbocycles. The highest BCUT2D eigenvalue weighted by Crippen LogP contribution is 2.32. The minimum absolute atomic E-state index is 0.171. The van der Waals surface area contributed by atoms with Crippen LogP contribution in [0.25, 0.3) is 11.1 Å². The minimum atomic E-state index is -3.82. The van der Waals surface area contributed by atoms with E-state index in [1.54, 1.807) is 48.2 Å². The first kappa shape index (κ1) is 30.9. The summed E-state index contributed by atoms with van der Waals surface area (Å²) < 4.78 is 32.4. The standard InChI is InChI=1S/C31H34N4O5S2/c1-5-35(29-20-34(21-32-29)42(38,39)25-14-11-22(2)12-15-25)24-13-16-26(27(19-24)23-9-7-6-8-10-23)30(36)33-28(17-18-41-4)31(37)40-3/h6-16,19-21,28H,5,17-18H2,1-4H3,(H,33,36). The molecule has 1 atom stereocenters.